The van der Waals surface area contributed by atoms with Crippen molar-refractivity contribution in [3.8, 4) is 0 Å². The van der Waals surface area contributed by atoms with Crippen molar-refractivity contribution in [2.45, 2.75) is 31.3 Å². The molecule has 74 valence electrons. The molecule has 14 heavy (non-hydrogen) atoms. The van der Waals surface area contributed by atoms with Crippen LogP contribution in [-0.4, -0.2) is 17.0 Å². The largest absolute Gasteiger partial charge is 0.392 e. The van der Waals surface area contributed by atoms with E-state index in [1.807, 2.05) is 30.3 Å². The van der Waals surface area contributed by atoms with Gasteiger partial charge in [0.25, 0.3) is 0 Å². The third kappa shape index (κ3) is 1.85. The van der Waals surface area contributed by atoms with Crippen molar-refractivity contribution in [3.63, 3.8) is 0 Å². The summed E-state index contributed by atoms with van der Waals surface area (Å²) in [6.45, 7) is 0. The lowest BCUT2D eigenvalue weighted by atomic mass is 9.81. The fraction of sp³-hybridized carbons (Fsp3) is 0.417. The van der Waals surface area contributed by atoms with Crippen LogP contribution < -0.4 is 0 Å². The van der Waals surface area contributed by atoms with Crippen LogP contribution in [0.4, 0.5) is 0 Å². The summed E-state index contributed by atoms with van der Waals surface area (Å²) in [6, 6.07) is 9.94. The van der Waals surface area contributed by atoms with E-state index >= 15 is 0 Å². The number of benzene rings is 1. The normalized spacial score (nSPS) is 27.6. The Morgan fingerprint density at radius 3 is 2.57 bits per heavy atom. The molecule has 2 rings (SSSR count). The number of hydrogen-bond acceptors (Lipinski definition) is 2. The van der Waals surface area contributed by atoms with E-state index in [0.29, 0.717) is 12.8 Å². The molecule has 1 fully saturated rings. The van der Waals surface area contributed by atoms with Gasteiger partial charge in [-0.05, 0) is 12.0 Å². The Bertz CT molecular complexity index is 318. The van der Waals surface area contributed by atoms with Gasteiger partial charge in [-0.15, -0.1) is 0 Å². The van der Waals surface area contributed by atoms with Crippen molar-refractivity contribution in [2.75, 3.05) is 0 Å². The Hall–Kier alpha value is -1.15. The Balaban J connectivity index is 2.16. The van der Waals surface area contributed by atoms with E-state index in [-0.39, 0.29) is 11.7 Å². The molecule has 0 saturated heterocycles. The summed E-state index contributed by atoms with van der Waals surface area (Å²) >= 11 is 0. The van der Waals surface area contributed by atoms with Gasteiger partial charge in [0.15, 0.2) is 0 Å². The van der Waals surface area contributed by atoms with E-state index in [1.54, 1.807) is 0 Å². The molecule has 2 heteroatoms. The molecular weight excluding hydrogens is 176 g/mol. The molecule has 0 heterocycles. The van der Waals surface area contributed by atoms with Crippen molar-refractivity contribution in [1.82, 2.24) is 0 Å². The van der Waals surface area contributed by atoms with E-state index in [1.165, 1.54) is 0 Å². The van der Waals surface area contributed by atoms with Gasteiger partial charge in [-0.1, -0.05) is 30.3 Å². The third-order valence-corrected chi connectivity index (χ3v) is 2.86. The van der Waals surface area contributed by atoms with Crippen molar-refractivity contribution >= 4 is 5.78 Å². The topological polar surface area (TPSA) is 37.3 Å². The zero-order chi connectivity index (χ0) is 9.97. The minimum absolute atomic E-state index is 0.147. The van der Waals surface area contributed by atoms with Crippen LogP contribution in [0.1, 0.15) is 30.7 Å². The van der Waals surface area contributed by atoms with Crippen LogP contribution in [0, 0.1) is 0 Å². The van der Waals surface area contributed by atoms with E-state index in [2.05, 4.69) is 0 Å². The van der Waals surface area contributed by atoms with Crippen LogP contribution in [0.2, 0.25) is 0 Å². The fourth-order valence-corrected chi connectivity index (χ4v) is 2.08. The number of aliphatic hydroxyl groups excluding tert-OH is 1. The Morgan fingerprint density at radius 2 is 1.93 bits per heavy atom. The minimum Gasteiger partial charge on any atom is -0.392 e. The van der Waals surface area contributed by atoms with Crippen molar-refractivity contribution in [3.05, 3.63) is 35.9 Å². The van der Waals surface area contributed by atoms with Gasteiger partial charge in [0.2, 0.25) is 0 Å². The summed E-state index contributed by atoms with van der Waals surface area (Å²) in [5, 5.41) is 9.77. The second kappa shape index (κ2) is 3.93. The molecule has 1 aliphatic carbocycles. The quantitative estimate of drug-likeness (QED) is 0.734. The SMILES string of the molecule is O=C1CCC(c2ccccc2)C(O)C1. The van der Waals surface area contributed by atoms with E-state index in [9.17, 15) is 9.90 Å². The first-order valence-corrected chi connectivity index (χ1v) is 5.02. The van der Waals surface area contributed by atoms with Crippen LogP contribution in [0.15, 0.2) is 30.3 Å². The van der Waals surface area contributed by atoms with Crippen molar-refractivity contribution < 1.29 is 9.90 Å². The van der Waals surface area contributed by atoms with Crippen LogP contribution in [-0.2, 0) is 4.79 Å². The maximum Gasteiger partial charge on any atom is 0.135 e. The standard InChI is InChI=1S/C12H14O2/c13-10-6-7-11(12(14)8-10)9-4-2-1-3-5-9/h1-5,11-12,14H,6-8H2. The number of carbonyl (C=O) groups excluding carboxylic acids is 1. The molecule has 1 N–H and O–H groups in total. The van der Waals surface area contributed by atoms with Gasteiger partial charge in [0.05, 0.1) is 6.10 Å². The van der Waals surface area contributed by atoms with Gasteiger partial charge in [-0.2, -0.15) is 0 Å². The number of aliphatic hydroxyl groups is 1. The molecule has 1 aromatic carbocycles. The molecule has 0 spiro atoms. The predicted octanol–water partition coefficient (Wildman–Crippen LogP) is 1.88. The van der Waals surface area contributed by atoms with Crippen molar-refractivity contribution in [2.24, 2.45) is 0 Å². The van der Waals surface area contributed by atoms with E-state index in [0.717, 1.165) is 12.0 Å². The first-order valence-electron chi connectivity index (χ1n) is 5.02. The van der Waals surface area contributed by atoms with E-state index < -0.39 is 6.10 Å². The van der Waals surface area contributed by atoms with Gasteiger partial charge in [-0.25, -0.2) is 0 Å². The summed E-state index contributed by atoms with van der Waals surface area (Å²) in [5.74, 6) is 0.332. The summed E-state index contributed by atoms with van der Waals surface area (Å²) in [5.41, 5.74) is 1.15. The summed E-state index contributed by atoms with van der Waals surface area (Å²) in [4.78, 5) is 11.1. The summed E-state index contributed by atoms with van der Waals surface area (Å²) in [6.07, 6.45) is 1.22. The lowest BCUT2D eigenvalue weighted by Crippen LogP contribution is -2.27. The van der Waals surface area contributed by atoms with Gasteiger partial charge in [-0.3, -0.25) is 4.79 Å². The lowest BCUT2D eigenvalue weighted by molar-refractivity contribution is -0.123. The van der Waals surface area contributed by atoms with Crippen LogP contribution in [0.5, 0.6) is 0 Å². The molecule has 0 aromatic heterocycles. The average Bonchev–Trinajstić information content (AvgIpc) is 2.19. The Kier molecular flexibility index (Phi) is 2.64. The Labute approximate surface area is 83.6 Å². The highest BCUT2D eigenvalue weighted by Crippen LogP contribution is 2.31. The second-order valence-electron chi connectivity index (χ2n) is 3.87. The zero-order valence-electron chi connectivity index (χ0n) is 8.02. The molecule has 2 nitrogen and oxygen atoms in total. The highest BCUT2D eigenvalue weighted by molar-refractivity contribution is 5.80. The maximum atomic E-state index is 11.1. The predicted molar refractivity (Wildman–Crippen MR) is 54.0 cm³/mol. The second-order valence-corrected chi connectivity index (χ2v) is 3.87. The molecule has 1 aromatic rings. The molecule has 1 saturated carbocycles. The Morgan fingerprint density at radius 1 is 1.21 bits per heavy atom. The number of carbonyl (C=O) groups is 1. The molecule has 0 amide bonds. The monoisotopic (exact) mass is 190 g/mol. The van der Waals surface area contributed by atoms with Gasteiger partial charge >= 0.3 is 0 Å². The highest BCUT2D eigenvalue weighted by Gasteiger charge is 2.28. The molecular formula is C12H14O2. The van der Waals surface area contributed by atoms with Gasteiger partial charge in [0.1, 0.15) is 5.78 Å². The summed E-state index contributed by atoms with van der Waals surface area (Å²) < 4.78 is 0. The zero-order valence-corrected chi connectivity index (χ0v) is 8.02. The van der Waals surface area contributed by atoms with Crippen LogP contribution in [0.3, 0.4) is 0 Å². The molecule has 0 aliphatic heterocycles. The highest BCUT2D eigenvalue weighted by atomic mass is 16.3. The third-order valence-electron chi connectivity index (χ3n) is 2.86. The molecule has 2 unspecified atom stereocenters. The number of hydrogen-bond donors (Lipinski definition) is 1. The average molecular weight is 190 g/mol. The number of rotatable bonds is 1. The van der Waals surface area contributed by atoms with Crippen LogP contribution in [0.25, 0.3) is 0 Å². The smallest absolute Gasteiger partial charge is 0.135 e. The van der Waals surface area contributed by atoms with E-state index in [4.69, 9.17) is 0 Å². The van der Waals surface area contributed by atoms with Gasteiger partial charge in [0, 0.05) is 18.8 Å². The number of Topliss-reactive ketones (excluding diaryl/α,β-unsaturated/α-hetero) is 1. The first kappa shape index (κ1) is 9.41. The molecule has 2 atom stereocenters. The molecule has 1 aliphatic rings. The number of ketones is 1. The van der Waals surface area contributed by atoms with Crippen LogP contribution >= 0.6 is 0 Å². The summed E-state index contributed by atoms with van der Waals surface area (Å²) in [7, 11) is 0. The molecule has 0 radical (unpaired) electrons. The van der Waals surface area contributed by atoms with Gasteiger partial charge < -0.3 is 5.11 Å². The molecule has 0 bridgehead atoms. The minimum atomic E-state index is -0.487. The fourth-order valence-electron chi connectivity index (χ4n) is 2.08. The lowest BCUT2D eigenvalue weighted by Gasteiger charge is -2.27. The first-order chi connectivity index (χ1) is 6.77. The van der Waals surface area contributed by atoms with Crippen molar-refractivity contribution in [1.29, 1.82) is 0 Å². The maximum absolute atomic E-state index is 11.1.